The van der Waals surface area contributed by atoms with Crippen LogP contribution >= 0.6 is 23.1 Å². The molecule has 0 saturated heterocycles. The van der Waals surface area contributed by atoms with Crippen LogP contribution in [0.5, 0.6) is 11.5 Å². The van der Waals surface area contributed by atoms with Crippen LogP contribution in [0.15, 0.2) is 29.4 Å². The van der Waals surface area contributed by atoms with E-state index >= 15 is 0 Å². The van der Waals surface area contributed by atoms with Crippen molar-refractivity contribution in [1.82, 2.24) is 15.0 Å². The van der Waals surface area contributed by atoms with Gasteiger partial charge in [0.2, 0.25) is 0 Å². The number of hydrogen-bond acceptors (Lipinski definition) is 12. The van der Waals surface area contributed by atoms with Gasteiger partial charge in [0.1, 0.15) is 23.3 Å². The molecular weight excluding hydrogens is 526 g/mol. The Morgan fingerprint density at radius 3 is 2.26 bits per heavy atom. The van der Waals surface area contributed by atoms with Gasteiger partial charge in [0.05, 0.1) is 51.1 Å². The third kappa shape index (κ3) is 7.93. The molecule has 38 heavy (non-hydrogen) atoms. The van der Waals surface area contributed by atoms with Crippen LogP contribution in [0.2, 0.25) is 0 Å². The third-order valence-electron chi connectivity index (χ3n) is 5.74. The number of rotatable bonds is 16. The lowest BCUT2D eigenvalue weighted by Gasteiger charge is -2.12. The maximum Gasteiger partial charge on any atom is 0.192 e. The van der Waals surface area contributed by atoms with Crippen molar-refractivity contribution in [2.75, 3.05) is 65.3 Å². The maximum atomic E-state index is 6.00. The van der Waals surface area contributed by atoms with Crippen molar-refractivity contribution in [2.24, 2.45) is 0 Å². The highest BCUT2D eigenvalue weighted by Crippen LogP contribution is 2.50. The first-order chi connectivity index (χ1) is 18.5. The number of hydrogen-bond donors (Lipinski definition) is 2. The van der Waals surface area contributed by atoms with Gasteiger partial charge in [-0.25, -0.2) is 15.0 Å². The average Bonchev–Trinajstić information content (AvgIpc) is 3.64. The first kappa shape index (κ1) is 28.4. The van der Waals surface area contributed by atoms with Crippen molar-refractivity contribution >= 4 is 34.7 Å². The van der Waals surface area contributed by atoms with Crippen LogP contribution < -0.4 is 20.9 Å². The molecule has 0 radical (unpaired) electrons. The molecule has 4 rings (SSSR count). The minimum atomic E-state index is 0.0430. The Labute approximate surface area is 231 Å². The lowest BCUT2D eigenvalue weighted by molar-refractivity contribution is 0.0178. The Hall–Kier alpha value is -2.64. The predicted octanol–water partition coefficient (Wildman–Crippen LogP) is 4.56. The summed E-state index contributed by atoms with van der Waals surface area (Å²) in [4.78, 5) is 15.0. The standard InChI is InChI=1S/C26H35N5O5S2/c1-16(37-26-29-21(27)15-22(28)30-26)23-24(17-4-5-17)38-25(31-23)18-6-7-19(33-3)20(14-18)36-13-12-35-11-10-34-9-8-32-2/h6-7,14-17H,4-5,8-13H2,1-3H3,(H4,27,28,29,30). The molecule has 1 saturated carbocycles. The molecule has 0 aliphatic heterocycles. The van der Waals surface area contributed by atoms with E-state index in [2.05, 4.69) is 16.9 Å². The van der Waals surface area contributed by atoms with E-state index in [4.69, 9.17) is 40.1 Å². The van der Waals surface area contributed by atoms with Crippen LogP contribution in [-0.4, -0.2) is 68.8 Å². The largest absolute Gasteiger partial charge is 0.493 e. The van der Waals surface area contributed by atoms with Crippen LogP contribution in [0.25, 0.3) is 10.6 Å². The fraction of sp³-hybridized carbons (Fsp3) is 0.500. The lowest BCUT2D eigenvalue weighted by atomic mass is 10.2. The first-order valence-electron chi connectivity index (χ1n) is 12.5. The van der Waals surface area contributed by atoms with Crippen molar-refractivity contribution in [3.8, 4) is 22.1 Å². The summed E-state index contributed by atoms with van der Waals surface area (Å²) in [7, 11) is 3.28. The summed E-state index contributed by atoms with van der Waals surface area (Å²) in [5.74, 6) is 2.59. The Balaban J connectivity index is 1.42. The molecule has 2 heterocycles. The van der Waals surface area contributed by atoms with Gasteiger partial charge in [-0.3, -0.25) is 0 Å². The van der Waals surface area contributed by atoms with Crippen LogP contribution in [0.1, 0.15) is 41.5 Å². The van der Waals surface area contributed by atoms with Crippen molar-refractivity contribution in [3.05, 3.63) is 34.8 Å². The molecule has 1 aromatic carbocycles. The second-order valence-corrected chi connectivity index (χ2v) is 11.1. The molecule has 3 aromatic rings. The fourth-order valence-electron chi connectivity index (χ4n) is 3.72. The zero-order chi connectivity index (χ0) is 26.9. The SMILES string of the molecule is COCCOCCOCCOc1cc(-c2nc(C(C)Sc3nc(N)cc(N)n3)c(C3CC3)s2)ccc1OC. The topological polar surface area (TPSA) is 137 Å². The van der Waals surface area contributed by atoms with Crippen molar-refractivity contribution in [1.29, 1.82) is 0 Å². The number of nitrogens with zero attached hydrogens (tertiary/aromatic N) is 3. The molecule has 1 atom stereocenters. The molecule has 4 N–H and O–H groups in total. The van der Waals surface area contributed by atoms with E-state index in [9.17, 15) is 0 Å². The van der Waals surface area contributed by atoms with Gasteiger partial charge in [0.15, 0.2) is 16.7 Å². The van der Waals surface area contributed by atoms with E-state index in [1.54, 1.807) is 31.6 Å². The molecule has 12 heteroatoms. The number of thioether (sulfide) groups is 1. The summed E-state index contributed by atoms with van der Waals surface area (Å²) in [6.45, 7) is 5.10. The van der Waals surface area contributed by atoms with Gasteiger partial charge >= 0.3 is 0 Å². The monoisotopic (exact) mass is 561 g/mol. The molecule has 1 aliphatic carbocycles. The highest BCUT2D eigenvalue weighted by atomic mass is 32.2. The Morgan fingerprint density at radius 1 is 0.921 bits per heavy atom. The first-order valence-corrected chi connectivity index (χ1v) is 14.2. The zero-order valence-corrected chi connectivity index (χ0v) is 23.6. The Bertz CT molecular complexity index is 1170. The number of ether oxygens (including phenoxy) is 5. The molecular formula is C26H35N5O5S2. The van der Waals surface area contributed by atoms with E-state index in [1.807, 2.05) is 18.2 Å². The van der Waals surface area contributed by atoms with Crippen molar-refractivity contribution in [3.63, 3.8) is 0 Å². The van der Waals surface area contributed by atoms with Gasteiger partial charge in [-0.1, -0.05) is 11.8 Å². The normalized spacial score (nSPS) is 14.0. The molecule has 206 valence electrons. The highest BCUT2D eigenvalue weighted by molar-refractivity contribution is 7.99. The highest BCUT2D eigenvalue weighted by Gasteiger charge is 2.32. The average molecular weight is 562 g/mol. The van der Waals surface area contributed by atoms with Crippen molar-refractivity contribution in [2.45, 2.75) is 36.1 Å². The van der Waals surface area contributed by atoms with Gasteiger partial charge < -0.3 is 35.2 Å². The quantitative estimate of drug-likeness (QED) is 0.145. The maximum absolute atomic E-state index is 6.00. The molecule has 1 unspecified atom stereocenters. The van der Waals surface area contributed by atoms with E-state index in [0.717, 1.165) is 16.3 Å². The summed E-state index contributed by atoms with van der Waals surface area (Å²) in [5.41, 5.74) is 13.8. The van der Waals surface area contributed by atoms with Gasteiger partial charge in [0, 0.05) is 23.6 Å². The molecule has 1 fully saturated rings. The van der Waals surface area contributed by atoms with E-state index in [-0.39, 0.29) is 5.25 Å². The summed E-state index contributed by atoms with van der Waals surface area (Å²) in [6.07, 6.45) is 2.37. The summed E-state index contributed by atoms with van der Waals surface area (Å²) >= 11 is 3.25. The number of nitrogen functional groups attached to an aromatic ring is 2. The molecule has 0 amide bonds. The second kappa shape index (κ2) is 13.9. The van der Waals surface area contributed by atoms with Gasteiger partial charge in [-0.2, -0.15) is 0 Å². The van der Waals surface area contributed by atoms with Gasteiger partial charge in [-0.15, -0.1) is 11.3 Å². The molecule has 0 spiro atoms. The van der Waals surface area contributed by atoms with Crippen LogP contribution in [-0.2, 0) is 14.2 Å². The number of methoxy groups -OCH3 is 2. The molecule has 0 bridgehead atoms. The number of benzene rings is 1. The second-order valence-electron chi connectivity index (χ2n) is 8.73. The summed E-state index contributed by atoms with van der Waals surface area (Å²) in [5, 5.41) is 1.54. The van der Waals surface area contributed by atoms with E-state index in [1.165, 1.54) is 29.5 Å². The molecule has 10 nitrogen and oxygen atoms in total. The zero-order valence-electron chi connectivity index (χ0n) is 22.0. The van der Waals surface area contributed by atoms with Crippen LogP contribution in [0, 0.1) is 0 Å². The molecule has 1 aliphatic rings. The van der Waals surface area contributed by atoms with E-state index in [0.29, 0.717) is 73.9 Å². The van der Waals surface area contributed by atoms with Crippen molar-refractivity contribution < 1.29 is 23.7 Å². The number of anilines is 2. The number of nitrogens with two attached hydrogens (primary N) is 2. The minimum absolute atomic E-state index is 0.0430. The van der Waals surface area contributed by atoms with E-state index < -0.39 is 0 Å². The lowest BCUT2D eigenvalue weighted by Crippen LogP contribution is -2.12. The minimum Gasteiger partial charge on any atom is -0.493 e. The molecule has 2 aromatic heterocycles. The van der Waals surface area contributed by atoms with Crippen LogP contribution in [0.3, 0.4) is 0 Å². The summed E-state index contributed by atoms with van der Waals surface area (Å²) < 4.78 is 27.5. The summed E-state index contributed by atoms with van der Waals surface area (Å²) in [6, 6.07) is 7.46. The third-order valence-corrected chi connectivity index (χ3v) is 7.99. The number of aromatic nitrogens is 3. The predicted molar refractivity (Wildman–Crippen MR) is 150 cm³/mol. The van der Waals surface area contributed by atoms with Gasteiger partial charge in [-0.05, 0) is 43.9 Å². The van der Waals surface area contributed by atoms with Gasteiger partial charge in [0.25, 0.3) is 0 Å². The smallest absolute Gasteiger partial charge is 0.192 e. The Morgan fingerprint density at radius 2 is 1.61 bits per heavy atom. The fourth-order valence-corrected chi connectivity index (χ4v) is 6.05. The Kier molecular flexibility index (Phi) is 10.4. The van der Waals surface area contributed by atoms with Crippen LogP contribution in [0.4, 0.5) is 11.6 Å². The number of thiazole rings is 1.